The molecule has 4 fully saturated rings. The molecule has 13 atom stereocenters. The second-order valence-electron chi connectivity index (χ2n) is 20.8. The fourth-order valence-electron chi connectivity index (χ4n) is 12.6. The Balaban J connectivity index is 1.00. The van der Waals surface area contributed by atoms with Gasteiger partial charge in [-0.3, -0.25) is 4.79 Å². The first-order valence-electron chi connectivity index (χ1n) is 24.9. The van der Waals surface area contributed by atoms with Gasteiger partial charge >= 0.3 is 5.97 Å². The minimum Gasteiger partial charge on any atom is -0.463 e. The number of rotatable bonds is 24. The molecule has 1 aliphatic heterocycles. The molecule has 4 aliphatic carbocycles. The highest BCUT2D eigenvalue weighted by atomic mass is 16.7. The first-order valence-corrected chi connectivity index (χ1v) is 24.9. The molecule has 59 heavy (non-hydrogen) atoms. The van der Waals surface area contributed by atoms with E-state index in [0.717, 1.165) is 100 Å². The summed E-state index contributed by atoms with van der Waals surface area (Å²) >= 11 is 0. The molecular formula is C52H88O7. The lowest BCUT2D eigenvalue weighted by atomic mass is 9.47. The summed E-state index contributed by atoms with van der Waals surface area (Å²) in [5.74, 6) is 4.41. The van der Waals surface area contributed by atoms with Crippen molar-refractivity contribution in [1.29, 1.82) is 0 Å². The molecule has 0 aromatic heterocycles. The molecule has 0 aromatic carbocycles. The summed E-state index contributed by atoms with van der Waals surface area (Å²) in [6, 6.07) is 0. The van der Waals surface area contributed by atoms with Crippen molar-refractivity contribution in [3.05, 3.63) is 36.0 Å². The second-order valence-corrected chi connectivity index (χ2v) is 20.8. The van der Waals surface area contributed by atoms with Crippen molar-refractivity contribution in [1.82, 2.24) is 0 Å². The largest absolute Gasteiger partial charge is 0.463 e. The molecule has 5 aliphatic rings. The van der Waals surface area contributed by atoms with Gasteiger partial charge in [0.1, 0.15) is 31.0 Å². The number of esters is 1. The van der Waals surface area contributed by atoms with Crippen molar-refractivity contribution in [2.24, 2.45) is 46.3 Å². The van der Waals surface area contributed by atoms with Gasteiger partial charge in [0.2, 0.25) is 0 Å². The maximum atomic E-state index is 12.6. The van der Waals surface area contributed by atoms with Gasteiger partial charge in [0.15, 0.2) is 6.29 Å². The molecule has 0 amide bonds. The van der Waals surface area contributed by atoms with E-state index in [4.69, 9.17) is 14.2 Å². The lowest BCUT2D eigenvalue weighted by Crippen LogP contribution is -2.60. The maximum Gasteiger partial charge on any atom is 0.305 e. The highest BCUT2D eigenvalue weighted by molar-refractivity contribution is 5.69. The number of unbranched alkanes of at least 4 members (excludes halogenated alkanes) is 9. The smallest absolute Gasteiger partial charge is 0.305 e. The Morgan fingerprint density at radius 3 is 2.25 bits per heavy atom. The summed E-state index contributed by atoms with van der Waals surface area (Å²) in [6.07, 6.45) is 32.7. The summed E-state index contributed by atoms with van der Waals surface area (Å²) in [5, 5.41) is 32.5. The van der Waals surface area contributed by atoms with Crippen LogP contribution in [0.15, 0.2) is 36.0 Å². The molecule has 3 N–H and O–H groups in total. The van der Waals surface area contributed by atoms with E-state index in [2.05, 4.69) is 71.9 Å². The van der Waals surface area contributed by atoms with Crippen molar-refractivity contribution in [3.8, 4) is 0 Å². The monoisotopic (exact) mass is 825 g/mol. The van der Waals surface area contributed by atoms with Crippen LogP contribution in [0.25, 0.3) is 0 Å². The van der Waals surface area contributed by atoms with Crippen molar-refractivity contribution < 1.29 is 34.3 Å². The zero-order chi connectivity index (χ0) is 42.4. The highest BCUT2D eigenvalue weighted by Crippen LogP contribution is 2.67. The minimum atomic E-state index is -1.45. The van der Waals surface area contributed by atoms with Crippen molar-refractivity contribution in [2.75, 3.05) is 6.61 Å². The SMILES string of the molecule is CCCCCC/C=C\C/C=C\CCCCCCCC(=O)OCC1OC(OC2CCC3(C)C(=CCC4C3CCC3(C)C(C(C)CCCC(C)C)CCC43)C2)C(O)C(O)C1O. The van der Waals surface area contributed by atoms with E-state index in [0.29, 0.717) is 17.8 Å². The van der Waals surface area contributed by atoms with Crippen molar-refractivity contribution >= 4 is 5.97 Å². The lowest BCUT2D eigenvalue weighted by Gasteiger charge is -2.58. The molecule has 0 bridgehead atoms. The summed E-state index contributed by atoms with van der Waals surface area (Å²) in [6.45, 7) is 14.5. The third-order valence-corrected chi connectivity index (χ3v) is 16.2. The molecule has 13 unspecified atom stereocenters. The van der Waals surface area contributed by atoms with Crippen LogP contribution in [-0.2, 0) is 19.0 Å². The number of aliphatic hydroxyl groups is 3. The number of hydrogen-bond donors (Lipinski definition) is 3. The van der Waals surface area contributed by atoms with Crippen LogP contribution in [0.1, 0.15) is 196 Å². The van der Waals surface area contributed by atoms with Crippen LogP contribution in [0.3, 0.4) is 0 Å². The molecule has 0 aromatic rings. The van der Waals surface area contributed by atoms with E-state index < -0.39 is 30.7 Å². The van der Waals surface area contributed by atoms with Gasteiger partial charge in [0, 0.05) is 6.42 Å². The molecule has 7 heteroatoms. The number of allylic oxidation sites excluding steroid dienone is 5. The van der Waals surface area contributed by atoms with Crippen molar-refractivity contribution in [3.63, 3.8) is 0 Å². The molecule has 3 saturated carbocycles. The van der Waals surface area contributed by atoms with Gasteiger partial charge in [-0.25, -0.2) is 0 Å². The lowest BCUT2D eigenvalue weighted by molar-refractivity contribution is -0.313. The normalized spacial score (nSPS) is 36.4. The highest BCUT2D eigenvalue weighted by Gasteiger charge is 2.59. The molecular weight excluding hydrogens is 737 g/mol. The van der Waals surface area contributed by atoms with Crippen LogP contribution < -0.4 is 0 Å². The summed E-state index contributed by atoms with van der Waals surface area (Å²) in [7, 11) is 0. The van der Waals surface area contributed by atoms with E-state index in [1.807, 2.05) is 0 Å². The molecule has 338 valence electrons. The molecule has 5 rings (SSSR count). The topological polar surface area (TPSA) is 105 Å². The van der Waals surface area contributed by atoms with Crippen LogP contribution >= 0.6 is 0 Å². The summed E-state index contributed by atoms with van der Waals surface area (Å²) < 4.78 is 18.0. The molecule has 0 spiro atoms. The van der Waals surface area contributed by atoms with Gasteiger partial charge in [-0.05, 0) is 136 Å². The zero-order valence-corrected chi connectivity index (χ0v) is 38.5. The van der Waals surface area contributed by atoms with E-state index in [9.17, 15) is 20.1 Å². The van der Waals surface area contributed by atoms with Crippen LogP contribution in [-0.4, -0.2) is 64.7 Å². The van der Waals surface area contributed by atoms with Gasteiger partial charge in [-0.2, -0.15) is 0 Å². The third-order valence-electron chi connectivity index (χ3n) is 16.2. The summed E-state index contributed by atoms with van der Waals surface area (Å²) in [4.78, 5) is 12.6. The number of fused-ring (bicyclic) bond motifs is 5. The minimum absolute atomic E-state index is 0.143. The van der Waals surface area contributed by atoms with Gasteiger partial charge in [0.05, 0.1) is 6.10 Å². The Bertz CT molecular complexity index is 1340. The Morgan fingerprint density at radius 1 is 0.814 bits per heavy atom. The second kappa shape index (κ2) is 23.8. The van der Waals surface area contributed by atoms with E-state index in [-0.39, 0.29) is 24.1 Å². The van der Waals surface area contributed by atoms with Crippen LogP contribution in [0.5, 0.6) is 0 Å². The molecule has 0 radical (unpaired) electrons. The van der Waals surface area contributed by atoms with Crippen LogP contribution in [0.2, 0.25) is 0 Å². The fraction of sp³-hybridized carbons (Fsp3) is 0.865. The predicted octanol–water partition coefficient (Wildman–Crippen LogP) is 12.0. The fourth-order valence-corrected chi connectivity index (χ4v) is 12.6. The zero-order valence-electron chi connectivity index (χ0n) is 38.5. The predicted molar refractivity (Wildman–Crippen MR) is 240 cm³/mol. The number of carbonyl (C=O) groups excluding carboxylic acids is 1. The first-order chi connectivity index (χ1) is 28.4. The average Bonchev–Trinajstić information content (AvgIpc) is 3.57. The van der Waals surface area contributed by atoms with Gasteiger partial charge < -0.3 is 29.5 Å². The third kappa shape index (κ3) is 13.0. The number of hydrogen-bond acceptors (Lipinski definition) is 7. The molecule has 1 saturated heterocycles. The van der Waals surface area contributed by atoms with Crippen molar-refractivity contribution in [2.45, 2.75) is 232 Å². The standard InChI is InChI=1S/C52H88O7/c1-7-8-9-10-11-12-13-14-15-16-17-18-19-20-21-22-26-46(53)57-36-45-47(54)48(55)49(56)50(59-45)58-40-31-33-51(5)39(35-40)27-28-41-43-30-29-42(38(4)25-23-24-37(2)3)52(43,6)34-32-44(41)51/h12-13,15-16,27,37-38,40-45,47-50,54-56H,7-11,14,17-26,28-36H2,1-6H3/b13-12-,16-15-. The van der Waals surface area contributed by atoms with Gasteiger partial charge in [-0.1, -0.05) is 135 Å². The van der Waals surface area contributed by atoms with Crippen LogP contribution in [0, 0.1) is 46.3 Å². The van der Waals surface area contributed by atoms with E-state index >= 15 is 0 Å². The van der Waals surface area contributed by atoms with Gasteiger partial charge in [0.25, 0.3) is 0 Å². The molecule has 1 heterocycles. The summed E-state index contributed by atoms with van der Waals surface area (Å²) in [5.41, 5.74) is 2.13. The Labute approximate surface area is 360 Å². The number of aliphatic hydroxyl groups excluding tert-OH is 3. The van der Waals surface area contributed by atoms with E-state index in [1.165, 1.54) is 82.6 Å². The molecule has 7 nitrogen and oxygen atoms in total. The van der Waals surface area contributed by atoms with E-state index in [1.54, 1.807) is 0 Å². The Morgan fingerprint density at radius 2 is 1.53 bits per heavy atom. The van der Waals surface area contributed by atoms with Gasteiger partial charge in [-0.15, -0.1) is 0 Å². The average molecular weight is 825 g/mol. The maximum absolute atomic E-state index is 12.6. The quantitative estimate of drug-likeness (QED) is 0.0506. The van der Waals surface area contributed by atoms with Crippen LogP contribution in [0.4, 0.5) is 0 Å². The number of ether oxygens (including phenoxy) is 3. The Kier molecular flexibility index (Phi) is 19.6. The number of carbonyl (C=O) groups is 1. The Hall–Kier alpha value is -1.51. The first kappa shape index (κ1) is 48.5.